The van der Waals surface area contributed by atoms with Crippen molar-refractivity contribution in [2.24, 2.45) is 5.41 Å². The van der Waals surface area contributed by atoms with Crippen LogP contribution in [-0.4, -0.2) is 67.8 Å². The number of thiophene rings is 1. The molecule has 3 aromatic heterocycles. The number of anilines is 3. The van der Waals surface area contributed by atoms with E-state index >= 15 is 0 Å². The van der Waals surface area contributed by atoms with Gasteiger partial charge in [-0.15, -0.1) is 11.3 Å². The summed E-state index contributed by atoms with van der Waals surface area (Å²) in [5.41, 5.74) is 7.55. The van der Waals surface area contributed by atoms with Crippen molar-refractivity contribution in [2.45, 2.75) is 61.3 Å². The fourth-order valence-electron chi connectivity index (χ4n) is 6.50. The number of amides is 1. The molecule has 9 nitrogen and oxygen atoms in total. The lowest BCUT2D eigenvalue weighted by atomic mass is 9.73. The summed E-state index contributed by atoms with van der Waals surface area (Å²) in [5.74, 6) is 1.45. The van der Waals surface area contributed by atoms with E-state index in [-0.39, 0.29) is 24.9 Å². The first-order valence-corrected chi connectivity index (χ1v) is 19.3. The van der Waals surface area contributed by atoms with E-state index in [0.29, 0.717) is 16.1 Å². The van der Waals surface area contributed by atoms with Crippen LogP contribution >= 0.6 is 11.3 Å². The van der Waals surface area contributed by atoms with Crippen LogP contribution in [-0.2, 0) is 16.0 Å². The Kier molecular flexibility index (Phi) is 15.6. The Balaban J connectivity index is 0.000000197. The van der Waals surface area contributed by atoms with Gasteiger partial charge in [0.2, 0.25) is 0 Å². The molecule has 5 aromatic rings. The van der Waals surface area contributed by atoms with E-state index in [1.54, 1.807) is 18.3 Å². The number of aldehydes is 1. The molecule has 1 amide bonds. The number of carbonyl (C=O) groups excluding carboxylic acids is 3. The summed E-state index contributed by atoms with van der Waals surface area (Å²) < 4.78 is 19.1. The zero-order valence-corrected chi connectivity index (χ0v) is 33.3. The van der Waals surface area contributed by atoms with E-state index in [9.17, 15) is 18.8 Å². The number of nitrogens with one attached hydrogen (secondary N) is 1. The van der Waals surface area contributed by atoms with E-state index in [2.05, 4.69) is 44.1 Å². The molecule has 56 heavy (non-hydrogen) atoms. The van der Waals surface area contributed by atoms with Crippen molar-refractivity contribution in [2.75, 3.05) is 55.0 Å². The van der Waals surface area contributed by atoms with Gasteiger partial charge in [0.15, 0.2) is 0 Å². The number of fused-ring (bicyclic) bond motifs is 3. The van der Waals surface area contributed by atoms with Crippen LogP contribution in [0.25, 0.3) is 10.4 Å². The minimum Gasteiger partial charge on any atom is -0.381 e. The lowest BCUT2D eigenvalue weighted by Crippen LogP contribution is -2.58. The molecule has 0 unspecified atom stereocenters. The molecule has 1 N–H and O–H groups in total. The highest BCUT2D eigenvalue weighted by atomic mass is 32.1. The quantitative estimate of drug-likeness (QED) is 0.180. The number of Topliss-reactive ketones (excluding diaryl/α,β-unsaturated/α-hetero) is 1. The molecule has 0 atom stereocenters. The molecule has 3 aliphatic heterocycles. The van der Waals surface area contributed by atoms with Crippen molar-refractivity contribution in [3.63, 3.8) is 0 Å². The van der Waals surface area contributed by atoms with E-state index in [1.165, 1.54) is 55.2 Å². The lowest BCUT2D eigenvalue weighted by Gasteiger charge is -2.52. The summed E-state index contributed by atoms with van der Waals surface area (Å²) in [6.45, 7) is 14.0. The van der Waals surface area contributed by atoms with Crippen molar-refractivity contribution >= 4 is 46.6 Å². The van der Waals surface area contributed by atoms with Gasteiger partial charge in [0.25, 0.3) is 5.91 Å². The average molecular weight is 780 g/mol. The first kappa shape index (κ1) is 43.5. The van der Waals surface area contributed by atoms with Gasteiger partial charge in [0.05, 0.1) is 4.88 Å². The third kappa shape index (κ3) is 11.6. The number of likely N-dealkylation sites (N-methyl/N-ethyl adjacent to an activating group) is 1. The zero-order valence-electron chi connectivity index (χ0n) is 32.5. The van der Waals surface area contributed by atoms with Crippen LogP contribution in [0.3, 0.4) is 0 Å². The molecule has 2 saturated heterocycles. The van der Waals surface area contributed by atoms with Crippen molar-refractivity contribution in [1.29, 1.82) is 0 Å². The number of benzene rings is 2. The van der Waals surface area contributed by atoms with Crippen molar-refractivity contribution < 1.29 is 23.5 Å². The number of ketones is 1. The number of nitrogens with zero attached hydrogens (tertiary/aromatic N) is 4. The second kappa shape index (κ2) is 20.1. The Morgan fingerprint density at radius 1 is 0.929 bits per heavy atom. The fourth-order valence-corrected chi connectivity index (χ4v) is 7.64. The number of hydrogen-bond acceptors (Lipinski definition) is 9. The number of rotatable bonds is 4. The van der Waals surface area contributed by atoms with Crippen LogP contribution in [0.5, 0.6) is 0 Å². The van der Waals surface area contributed by atoms with Crippen LogP contribution in [0.2, 0.25) is 0 Å². The number of pyridine rings is 2. The molecule has 6 heterocycles. The SMILES string of the molecule is C.CC(C)=O.Cc1ccc(C=O)cc1.Cc1ccc(N2CC3(CCOCC3)C2)nc1.Cc1cccnc1NC(=O)c1cc2c(s1)-c1ccc(F)cc1N(C)CC2. The normalized spacial score (nSPS) is 14.6. The molecule has 3 aliphatic rings. The van der Waals surface area contributed by atoms with Crippen molar-refractivity contribution in [3.05, 3.63) is 124 Å². The van der Waals surface area contributed by atoms with Gasteiger partial charge in [0.1, 0.15) is 29.5 Å². The molecular weight excluding hydrogens is 726 g/mol. The van der Waals surface area contributed by atoms with Gasteiger partial charge in [0, 0.05) is 79.4 Å². The molecule has 8 rings (SSSR count). The largest absolute Gasteiger partial charge is 0.381 e. The number of hydrogen-bond donors (Lipinski definition) is 1. The smallest absolute Gasteiger partial charge is 0.266 e. The first-order valence-electron chi connectivity index (χ1n) is 18.5. The lowest BCUT2D eigenvalue weighted by molar-refractivity contribution is -0.115. The zero-order chi connectivity index (χ0) is 39.5. The number of halogens is 1. The van der Waals surface area contributed by atoms with E-state index < -0.39 is 0 Å². The molecule has 2 aromatic carbocycles. The molecule has 0 aliphatic carbocycles. The average Bonchev–Trinajstić information content (AvgIpc) is 3.54. The maximum atomic E-state index is 13.7. The van der Waals surface area contributed by atoms with Crippen LogP contribution in [0.4, 0.5) is 21.7 Å². The Morgan fingerprint density at radius 3 is 2.23 bits per heavy atom. The van der Waals surface area contributed by atoms with Gasteiger partial charge in [-0.25, -0.2) is 14.4 Å². The Labute approximate surface area is 335 Å². The molecule has 0 saturated carbocycles. The number of carbonyl (C=O) groups is 3. The van der Waals surface area contributed by atoms with E-state index in [1.807, 2.05) is 69.6 Å². The van der Waals surface area contributed by atoms with Gasteiger partial charge in [-0.05, 0) is 107 Å². The van der Waals surface area contributed by atoms with Crippen LogP contribution in [0, 0.1) is 32.0 Å². The topological polar surface area (TPSA) is 105 Å². The summed E-state index contributed by atoms with van der Waals surface area (Å²) >= 11 is 1.44. The standard InChI is InChI=1S/C20H18FN3OS.C13H18N2O.C8H8O.C3H6O.CH4/c1-12-4-3-8-22-19(12)23-20(25)17-10-13-7-9-24(2)16-11-14(21)5-6-15(16)18(13)26-17;1-11-2-3-12(14-8-11)15-9-13(10-15)4-6-16-7-5-13;1-7-2-4-8(6-9)5-3-7;1-3(2)4;/h3-6,8,10-11H,7,9H2,1-2H3,(H,22,23,25);2-3,8H,4-7,9-10H2,1H3;2-6H,1H3;1-2H3;1H4. The molecular formula is C45H54FN5O4S. The maximum Gasteiger partial charge on any atom is 0.266 e. The van der Waals surface area contributed by atoms with Crippen molar-refractivity contribution in [1.82, 2.24) is 9.97 Å². The van der Waals surface area contributed by atoms with Crippen LogP contribution < -0.4 is 15.1 Å². The molecule has 1 spiro atoms. The third-order valence-corrected chi connectivity index (χ3v) is 10.9. The summed E-state index contributed by atoms with van der Waals surface area (Å²) in [6.07, 6.45) is 7.70. The monoisotopic (exact) mass is 779 g/mol. The summed E-state index contributed by atoms with van der Waals surface area (Å²) in [7, 11) is 1.96. The Bertz CT molecular complexity index is 2070. The molecule has 0 bridgehead atoms. The second-order valence-corrected chi connectivity index (χ2v) is 15.6. The predicted octanol–water partition coefficient (Wildman–Crippen LogP) is 9.55. The number of aryl methyl sites for hydroxylation is 3. The van der Waals surface area contributed by atoms with E-state index in [0.717, 1.165) is 84.2 Å². The second-order valence-electron chi connectivity index (χ2n) is 14.5. The van der Waals surface area contributed by atoms with Crippen LogP contribution in [0.1, 0.15) is 76.4 Å². The number of ether oxygens (including phenoxy) is 1. The minimum absolute atomic E-state index is 0. The highest BCUT2D eigenvalue weighted by Crippen LogP contribution is 2.42. The van der Waals surface area contributed by atoms with E-state index in [4.69, 9.17) is 4.74 Å². The first-order chi connectivity index (χ1) is 26.4. The summed E-state index contributed by atoms with van der Waals surface area (Å²) in [5, 5.41) is 2.88. The minimum atomic E-state index is -0.251. The number of aromatic nitrogens is 2. The van der Waals surface area contributed by atoms with Crippen LogP contribution in [0.15, 0.2) is 85.2 Å². The van der Waals surface area contributed by atoms with Gasteiger partial charge in [-0.3, -0.25) is 9.59 Å². The predicted molar refractivity (Wildman–Crippen MR) is 227 cm³/mol. The fraction of sp³-hybridized carbons (Fsp3) is 0.356. The van der Waals surface area contributed by atoms with Gasteiger partial charge in [-0.2, -0.15) is 0 Å². The summed E-state index contributed by atoms with van der Waals surface area (Å²) in [6, 6.07) is 22.2. The van der Waals surface area contributed by atoms with Crippen molar-refractivity contribution in [3.8, 4) is 10.4 Å². The van der Waals surface area contributed by atoms with Gasteiger partial charge >= 0.3 is 0 Å². The molecule has 0 radical (unpaired) electrons. The van der Waals surface area contributed by atoms with Gasteiger partial charge in [-0.1, -0.05) is 49.4 Å². The Morgan fingerprint density at radius 2 is 1.61 bits per heavy atom. The highest BCUT2D eigenvalue weighted by molar-refractivity contribution is 7.17. The molecule has 11 heteroatoms. The molecule has 2 fully saturated rings. The summed E-state index contributed by atoms with van der Waals surface area (Å²) in [4.78, 5) is 47.1. The third-order valence-electron chi connectivity index (χ3n) is 9.65. The molecule has 296 valence electrons. The highest BCUT2D eigenvalue weighted by Gasteiger charge is 2.44. The van der Waals surface area contributed by atoms with Gasteiger partial charge < -0.3 is 24.6 Å². The maximum absolute atomic E-state index is 13.7. The Hall–Kier alpha value is -5.26.